The van der Waals surface area contributed by atoms with Gasteiger partial charge in [0.15, 0.2) is 11.5 Å². The maximum absolute atomic E-state index is 12.9. The van der Waals surface area contributed by atoms with Gasteiger partial charge in [0.25, 0.3) is 5.91 Å². The number of hydrogen-bond acceptors (Lipinski definition) is 5. The smallest absolute Gasteiger partial charge is 0.329 e. The molecule has 1 aliphatic rings. The van der Waals surface area contributed by atoms with Gasteiger partial charge in [-0.1, -0.05) is 59.6 Å². The van der Waals surface area contributed by atoms with Crippen molar-refractivity contribution in [3.8, 4) is 17.6 Å². The highest BCUT2D eigenvalue weighted by atomic mass is 35.5. The second-order valence-electron chi connectivity index (χ2n) is 7.96. The lowest BCUT2D eigenvalue weighted by Gasteiger charge is -2.14. The number of urea groups is 1. The van der Waals surface area contributed by atoms with Crippen LogP contribution < -0.4 is 14.8 Å². The van der Waals surface area contributed by atoms with E-state index in [2.05, 4.69) is 11.4 Å². The van der Waals surface area contributed by atoms with E-state index in [1.165, 1.54) is 7.11 Å². The summed E-state index contributed by atoms with van der Waals surface area (Å²) in [5.41, 5.74) is 3.82. The molecule has 1 N–H and O–H groups in total. The van der Waals surface area contributed by atoms with Crippen molar-refractivity contribution in [3.05, 3.63) is 99.2 Å². The van der Waals surface area contributed by atoms with Gasteiger partial charge in [0, 0.05) is 5.56 Å². The van der Waals surface area contributed by atoms with Crippen LogP contribution in [-0.2, 0) is 17.9 Å². The molecule has 0 unspecified atom stereocenters. The minimum Gasteiger partial charge on any atom is -0.493 e. The Bertz CT molecular complexity index is 1380. The molecule has 0 radical (unpaired) electrons. The summed E-state index contributed by atoms with van der Waals surface area (Å²) in [5, 5.41) is 12.2. The number of aryl methyl sites for hydroxylation is 1. The number of carbonyl (C=O) groups is 2. The molecule has 0 aliphatic carbocycles. The number of nitrogens with zero attached hydrogens (tertiary/aromatic N) is 2. The van der Waals surface area contributed by atoms with Crippen LogP contribution in [0.5, 0.6) is 11.5 Å². The number of benzene rings is 3. The molecule has 0 atom stereocenters. The zero-order valence-corrected chi connectivity index (χ0v) is 19.9. The first-order valence-electron chi connectivity index (χ1n) is 10.8. The van der Waals surface area contributed by atoms with Crippen LogP contribution in [0.3, 0.4) is 0 Å². The van der Waals surface area contributed by atoms with Crippen molar-refractivity contribution in [2.45, 2.75) is 20.1 Å². The van der Waals surface area contributed by atoms with Crippen LogP contribution in [0.25, 0.3) is 6.08 Å². The number of methoxy groups -OCH3 is 1. The van der Waals surface area contributed by atoms with Gasteiger partial charge in [-0.25, -0.2) is 4.79 Å². The molecule has 3 aromatic rings. The molecule has 0 bridgehead atoms. The third-order valence-corrected chi connectivity index (χ3v) is 5.74. The Kier molecular flexibility index (Phi) is 7.04. The van der Waals surface area contributed by atoms with Crippen molar-refractivity contribution in [1.82, 2.24) is 10.2 Å². The first-order valence-corrected chi connectivity index (χ1v) is 11.2. The Morgan fingerprint density at radius 3 is 2.66 bits per heavy atom. The number of halogens is 1. The number of nitrogens with one attached hydrogen (secondary N) is 1. The second kappa shape index (κ2) is 10.3. The van der Waals surface area contributed by atoms with Crippen molar-refractivity contribution in [2.75, 3.05) is 7.11 Å². The number of amides is 3. The molecule has 176 valence electrons. The lowest BCUT2D eigenvalue weighted by molar-refractivity contribution is -0.123. The molecule has 1 aliphatic heterocycles. The third kappa shape index (κ3) is 5.29. The lowest BCUT2D eigenvalue weighted by atomic mass is 10.1. The molecule has 3 aromatic carbocycles. The maximum atomic E-state index is 12.9. The van der Waals surface area contributed by atoms with Gasteiger partial charge in [0.05, 0.1) is 30.3 Å². The van der Waals surface area contributed by atoms with Gasteiger partial charge in [-0.05, 0) is 42.3 Å². The van der Waals surface area contributed by atoms with Crippen molar-refractivity contribution < 1.29 is 19.1 Å². The van der Waals surface area contributed by atoms with E-state index in [-0.39, 0.29) is 23.9 Å². The van der Waals surface area contributed by atoms with Gasteiger partial charge in [0.2, 0.25) is 0 Å². The number of imide groups is 1. The van der Waals surface area contributed by atoms with E-state index < -0.39 is 11.9 Å². The summed E-state index contributed by atoms with van der Waals surface area (Å²) >= 11 is 6.47. The summed E-state index contributed by atoms with van der Waals surface area (Å²) < 4.78 is 11.3. The van der Waals surface area contributed by atoms with Gasteiger partial charge in [-0.3, -0.25) is 9.69 Å². The fourth-order valence-electron chi connectivity index (χ4n) is 3.74. The largest absolute Gasteiger partial charge is 0.493 e. The molecule has 4 rings (SSSR count). The Labute approximate surface area is 208 Å². The molecule has 0 spiro atoms. The van der Waals surface area contributed by atoms with Gasteiger partial charge in [-0.15, -0.1) is 0 Å². The standard InChI is InChI=1S/C27H22ClN3O4/c1-17-6-5-7-18(10-17)15-31-26(32)23(30-27(31)33)12-19-11-22(28)25(24(13-19)34-2)35-16-21-9-4-3-8-20(21)14-29/h3-13H,15-16H2,1-2H3,(H,30,33)/b23-12+. The average molecular weight is 488 g/mol. The van der Waals surface area contributed by atoms with Crippen molar-refractivity contribution in [2.24, 2.45) is 0 Å². The quantitative estimate of drug-likeness (QED) is 0.365. The van der Waals surface area contributed by atoms with E-state index in [9.17, 15) is 14.9 Å². The molecule has 1 fully saturated rings. The third-order valence-electron chi connectivity index (χ3n) is 5.46. The molecule has 7 nitrogen and oxygen atoms in total. The van der Waals surface area contributed by atoms with Crippen LogP contribution in [0.15, 0.2) is 66.4 Å². The summed E-state index contributed by atoms with van der Waals surface area (Å²) in [6, 6.07) is 19.7. The molecule has 0 aromatic heterocycles. The number of carbonyl (C=O) groups excluding carboxylic acids is 2. The van der Waals surface area contributed by atoms with Crippen LogP contribution in [-0.4, -0.2) is 23.9 Å². The van der Waals surface area contributed by atoms with Crippen LogP contribution in [0.2, 0.25) is 5.02 Å². The normalized spacial score (nSPS) is 14.1. The van der Waals surface area contributed by atoms with Gasteiger partial charge < -0.3 is 14.8 Å². The van der Waals surface area contributed by atoms with Gasteiger partial charge >= 0.3 is 6.03 Å². The maximum Gasteiger partial charge on any atom is 0.329 e. The van der Waals surface area contributed by atoms with Crippen molar-refractivity contribution in [3.63, 3.8) is 0 Å². The minimum atomic E-state index is -0.489. The molecular weight excluding hydrogens is 466 g/mol. The zero-order chi connectivity index (χ0) is 24.9. The second-order valence-corrected chi connectivity index (χ2v) is 8.37. The first kappa shape index (κ1) is 23.9. The molecule has 0 saturated carbocycles. The van der Waals surface area contributed by atoms with E-state index >= 15 is 0 Å². The van der Waals surface area contributed by atoms with Crippen LogP contribution in [0, 0.1) is 18.3 Å². The molecule has 8 heteroatoms. The van der Waals surface area contributed by atoms with E-state index in [4.69, 9.17) is 21.1 Å². The Balaban J connectivity index is 1.55. The highest BCUT2D eigenvalue weighted by Crippen LogP contribution is 2.38. The Morgan fingerprint density at radius 2 is 1.91 bits per heavy atom. The molecule has 1 saturated heterocycles. The number of ether oxygens (including phenoxy) is 2. The van der Waals surface area contributed by atoms with E-state index in [0.29, 0.717) is 28.2 Å². The van der Waals surface area contributed by atoms with Crippen molar-refractivity contribution in [1.29, 1.82) is 5.26 Å². The van der Waals surface area contributed by atoms with E-state index in [0.717, 1.165) is 16.0 Å². The summed E-state index contributed by atoms with van der Waals surface area (Å²) in [5.74, 6) is 0.235. The highest BCUT2D eigenvalue weighted by Gasteiger charge is 2.33. The highest BCUT2D eigenvalue weighted by molar-refractivity contribution is 6.32. The summed E-state index contributed by atoms with van der Waals surface area (Å²) in [4.78, 5) is 26.5. The summed E-state index contributed by atoms with van der Waals surface area (Å²) in [6.07, 6.45) is 1.54. The molecular formula is C27H22ClN3O4. The molecule has 35 heavy (non-hydrogen) atoms. The predicted molar refractivity (Wildman–Crippen MR) is 132 cm³/mol. The number of nitriles is 1. The molecule has 3 amide bonds. The number of rotatable bonds is 7. The van der Waals surface area contributed by atoms with Crippen LogP contribution in [0.1, 0.15) is 27.8 Å². The zero-order valence-electron chi connectivity index (χ0n) is 19.2. The Hall–Kier alpha value is -4.28. The summed E-state index contributed by atoms with van der Waals surface area (Å²) in [7, 11) is 1.48. The minimum absolute atomic E-state index is 0.128. The van der Waals surface area contributed by atoms with Crippen molar-refractivity contribution >= 4 is 29.6 Å². The average Bonchev–Trinajstić information content (AvgIpc) is 3.10. The van der Waals surface area contributed by atoms with Crippen LogP contribution in [0.4, 0.5) is 4.79 Å². The topological polar surface area (TPSA) is 91.7 Å². The lowest BCUT2D eigenvalue weighted by Crippen LogP contribution is -2.30. The van der Waals surface area contributed by atoms with Crippen LogP contribution >= 0.6 is 11.6 Å². The SMILES string of the molecule is COc1cc(/C=C2/NC(=O)N(Cc3cccc(C)c3)C2=O)cc(Cl)c1OCc1ccccc1C#N. The first-order chi connectivity index (χ1) is 16.9. The van der Waals surface area contributed by atoms with Gasteiger partial charge in [0.1, 0.15) is 12.3 Å². The van der Waals surface area contributed by atoms with Gasteiger partial charge in [-0.2, -0.15) is 5.26 Å². The summed E-state index contributed by atoms with van der Waals surface area (Å²) in [6.45, 7) is 2.25. The monoisotopic (exact) mass is 487 g/mol. The number of hydrogen-bond donors (Lipinski definition) is 1. The molecule has 1 heterocycles. The predicted octanol–water partition coefficient (Wildman–Crippen LogP) is 5.20. The fourth-order valence-corrected chi connectivity index (χ4v) is 4.02. The Morgan fingerprint density at radius 1 is 1.11 bits per heavy atom. The van der Waals surface area contributed by atoms with E-state index in [1.807, 2.05) is 37.3 Å². The van der Waals surface area contributed by atoms with E-state index in [1.54, 1.807) is 36.4 Å². The fraction of sp³-hybridized carbons (Fsp3) is 0.148.